The fourth-order valence-corrected chi connectivity index (χ4v) is 4.50. The second-order valence-electron chi connectivity index (χ2n) is 7.79. The number of nitrogens with zero attached hydrogens (tertiary/aromatic N) is 6. The number of aromatic nitrogens is 6. The molecule has 5 heterocycles. The second-order valence-corrected chi connectivity index (χ2v) is 8.15. The number of nitrogens with one attached hydrogen (secondary N) is 1. The van der Waals surface area contributed by atoms with Gasteiger partial charge in [0.25, 0.3) is 0 Å². The minimum Gasteiger partial charge on any atom is -0.480 e. The molecule has 6 bridgehead atoms. The number of halogens is 1. The Labute approximate surface area is 186 Å². The van der Waals surface area contributed by atoms with Crippen LogP contribution in [0.4, 0.5) is 5.69 Å². The molecule has 5 aromatic rings. The monoisotopic (exact) mass is 447 g/mol. The van der Waals surface area contributed by atoms with Crippen molar-refractivity contribution in [3.05, 3.63) is 58.5 Å². The van der Waals surface area contributed by atoms with Crippen LogP contribution in [0.1, 0.15) is 13.1 Å². The van der Waals surface area contributed by atoms with Crippen molar-refractivity contribution >= 4 is 39.2 Å². The molecule has 0 amide bonds. The molecule has 0 saturated heterocycles. The summed E-state index contributed by atoms with van der Waals surface area (Å²) < 4.78 is 10.3. The SMILES string of the molecule is COc1ncc2cc1NC(C)n1cc(c(Cl)n1)-n1c(=O)n(C)c3cnc4ccc-2cc4c31. The Kier molecular flexibility index (Phi) is 3.88. The summed E-state index contributed by atoms with van der Waals surface area (Å²) in [5, 5.41) is 8.91. The lowest BCUT2D eigenvalue weighted by atomic mass is 10.0. The van der Waals surface area contributed by atoms with Gasteiger partial charge < -0.3 is 10.1 Å². The van der Waals surface area contributed by atoms with Gasteiger partial charge in [0.1, 0.15) is 11.9 Å². The highest BCUT2D eigenvalue weighted by atomic mass is 35.5. The predicted octanol–water partition coefficient (Wildman–Crippen LogP) is 3.74. The van der Waals surface area contributed by atoms with Crippen LogP contribution >= 0.6 is 11.6 Å². The van der Waals surface area contributed by atoms with E-state index in [1.807, 2.05) is 31.2 Å². The maximum Gasteiger partial charge on any atom is 0.333 e. The van der Waals surface area contributed by atoms with E-state index in [0.717, 1.165) is 33.2 Å². The van der Waals surface area contributed by atoms with Gasteiger partial charge in [0, 0.05) is 24.2 Å². The number of rotatable bonds is 1. The van der Waals surface area contributed by atoms with Crippen LogP contribution in [0.2, 0.25) is 5.15 Å². The Balaban J connectivity index is 1.81. The van der Waals surface area contributed by atoms with Gasteiger partial charge in [0.15, 0.2) is 5.15 Å². The molecule has 0 fully saturated rings. The molecule has 4 aromatic heterocycles. The molecule has 0 aliphatic carbocycles. The molecule has 6 rings (SSSR count). The first-order valence-corrected chi connectivity index (χ1v) is 10.4. The van der Waals surface area contributed by atoms with Gasteiger partial charge in [0.05, 0.1) is 41.7 Å². The molecule has 1 N–H and O–H groups in total. The molecule has 1 aromatic carbocycles. The highest BCUT2D eigenvalue weighted by Gasteiger charge is 2.22. The molecule has 9 nitrogen and oxygen atoms in total. The number of anilines is 1. The second kappa shape index (κ2) is 6.57. The summed E-state index contributed by atoms with van der Waals surface area (Å²) in [6.45, 7) is 1.94. The zero-order valence-electron chi connectivity index (χ0n) is 17.5. The molecule has 1 aliphatic heterocycles. The third-order valence-electron chi connectivity index (χ3n) is 5.93. The number of pyridine rings is 2. The quantitative estimate of drug-likeness (QED) is 0.421. The fraction of sp³-hybridized carbons (Fsp3) is 0.182. The maximum absolute atomic E-state index is 13.3. The van der Waals surface area contributed by atoms with Crippen molar-refractivity contribution in [2.24, 2.45) is 7.05 Å². The van der Waals surface area contributed by atoms with Gasteiger partial charge in [0.2, 0.25) is 5.88 Å². The van der Waals surface area contributed by atoms with Crippen molar-refractivity contribution in [2.75, 3.05) is 12.4 Å². The summed E-state index contributed by atoms with van der Waals surface area (Å²) in [4.78, 5) is 22.4. The lowest BCUT2D eigenvalue weighted by Gasteiger charge is -2.18. The summed E-state index contributed by atoms with van der Waals surface area (Å²) in [6, 6.07) is 7.94. The lowest BCUT2D eigenvalue weighted by molar-refractivity contribution is 0.398. The van der Waals surface area contributed by atoms with Crippen LogP contribution in [0.25, 0.3) is 38.8 Å². The summed E-state index contributed by atoms with van der Waals surface area (Å²) in [6.07, 6.45) is 4.95. The summed E-state index contributed by atoms with van der Waals surface area (Å²) in [7, 11) is 3.31. The zero-order valence-corrected chi connectivity index (χ0v) is 18.3. The van der Waals surface area contributed by atoms with E-state index < -0.39 is 0 Å². The molecule has 160 valence electrons. The number of ether oxygens (including phenoxy) is 1. The fourth-order valence-electron chi connectivity index (χ4n) is 4.28. The highest BCUT2D eigenvalue weighted by Crippen LogP contribution is 2.35. The molecule has 0 spiro atoms. The van der Waals surface area contributed by atoms with Crippen molar-refractivity contribution in [3.8, 4) is 22.7 Å². The minimum atomic E-state index is -0.288. The van der Waals surface area contributed by atoms with E-state index in [9.17, 15) is 4.79 Å². The van der Waals surface area contributed by atoms with Gasteiger partial charge >= 0.3 is 5.69 Å². The number of benzene rings is 1. The van der Waals surface area contributed by atoms with Crippen molar-refractivity contribution in [2.45, 2.75) is 13.1 Å². The molecule has 0 radical (unpaired) electrons. The van der Waals surface area contributed by atoms with Crippen molar-refractivity contribution in [1.29, 1.82) is 0 Å². The Bertz CT molecular complexity index is 1610. The van der Waals surface area contributed by atoms with Gasteiger partial charge in [-0.25, -0.2) is 14.5 Å². The van der Waals surface area contributed by atoms with Gasteiger partial charge in [-0.05, 0) is 30.7 Å². The van der Waals surface area contributed by atoms with Gasteiger partial charge in [-0.2, -0.15) is 5.10 Å². The lowest BCUT2D eigenvalue weighted by Crippen LogP contribution is -2.21. The Morgan fingerprint density at radius 1 is 1.16 bits per heavy atom. The Morgan fingerprint density at radius 2 is 2.00 bits per heavy atom. The first-order chi connectivity index (χ1) is 15.5. The van der Waals surface area contributed by atoms with Crippen molar-refractivity contribution in [3.63, 3.8) is 0 Å². The average Bonchev–Trinajstić information content (AvgIpc) is 3.30. The van der Waals surface area contributed by atoms with E-state index in [1.54, 1.807) is 46.6 Å². The maximum atomic E-state index is 13.3. The molecule has 32 heavy (non-hydrogen) atoms. The highest BCUT2D eigenvalue weighted by molar-refractivity contribution is 6.31. The van der Waals surface area contributed by atoms with E-state index in [2.05, 4.69) is 20.4 Å². The standard InChI is InChI=1S/C22H18ClN7O2/c1-11-26-16-7-13(8-25-21(16)32-3)12-4-5-15-14(6-12)19-17(9-24-15)28(2)22(31)30(19)18-10-29(11)27-20(18)23/h4-11,26H,1-3H3. The number of hydrogen-bond donors (Lipinski definition) is 1. The first kappa shape index (κ1) is 18.9. The first-order valence-electron chi connectivity index (χ1n) is 10.0. The molecule has 10 heteroatoms. The third kappa shape index (κ3) is 2.51. The van der Waals surface area contributed by atoms with Crippen molar-refractivity contribution in [1.82, 2.24) is 28.9 Å². The van der Waals surface area contributed by atoms with Crippen LogP contribution in [0.5, 0.6) is 5.88 Å². The largest absolute Gasteiger partial charge is 0.480 e. The van der Waals surface area contributed by atoms with Crippen LogP contribution < -0.4 is 15.7 Å². The molecular formula is C22H18ClN7O2. The zero-order chi connectivity index (χ0) is 22.1. The minimum absolute atomic E-state index is 0.222. The third-order valence-corrected chi connectivity index (χ3v) is 6.20. The topological polar surface area (TPSA) is 91.8 Å². The van der Waals surface area contributed by atoms with Crippen LogP contribution in [0, 0.1) is 0 Å². The summed E-state index contributed by atoms with van der Waals surface area (Å²) in [5.41, 5.74) is 5.06. The van der Waals surface area contributed by atoms with Gasteiger partial charge in [-0.3, -0.25) is 14.1 Å². The number of hydrogen-bond acceptors (Lipinski definition) is 6. The van der Waals surface area contributed by atoms with E-state index in [1.165, 1.54) is 0 Å². The van der Waals surface area contributed by atoms with Crippen LogP contribution in [-0.4, -0.2) is 36.0 Å². The number of fused-ring (bicyclic) bond motifs is 7. The Hall–Kier alpha value is -3.85. The van der Waals surface area contributed by atoms with E-state index in [4.69, 9.17) is 16.3 Å². The van der Waals surface area contributed by atoms with E-state index in [-0.39, 0.29) is 17.0 Å². The molecule has 1 unspecified atom stereocenters. The summed E-state index contributed by atoms with van der Waals surface area (Å²) >= 11 is 6.55. The Morgan fingerprint density at radius 3 is 2.81 bits per heavy atom. The molecular weight excluding hydrogens is 430 g/mol. The van der Waals surface area contributed by atoms with Gasteiger partial charge in [-0.15, -0.1) is 0 Å². The molecule has 0 saturated carbocycles. The number of imidazole rings is 1. The predicted molar refractivity (Wildman–Crippen MR) is 123 cm³/mol. The number of aryl methyl sites for hydroxylation is 1. The van der Waals surface area contributed by atoms with E-state index >= 15 is 0 Å². The van der Waals surface area contributed by atoms with Crippen molar-refractivity contribution < 1.29 is 4.74 Å². The smallest absolute Gasteiger partial charge is 0.333 e. The van der Waals surface area contributed by atoms with Crippen LogP contribution in [0.15, 0.2) is 47.7 Å². The van der Waals surface area contributed by atoms with E-state index in [0.29, 0.717) is 17.1 Å². The average molecular weight is 448 g/mol. The molecule has 1 atom stereocenters. The number of methoxy groups -OCH3 is 1. The van der Waals surface area contributed by atoms with Crippen LogP contribution in [0.3, 0.4) is 0 Å². The molecule has 1 aliphatic rings. The summed E-state index contributed by atoms with van der Waals surface area (Å²) in [5.74, 6) is 0.471. The normalized spacial score (nSPS) is 14.9. The van der Waals surface area contributed by atoms with Crippen LogP contribution in [-0.2, 0) is 7.05 Å². The van der Waals surface area contributed by atoms with Gasteiger partial charge in [-0.1, -0.05) is 17.7 Å².